The molecule has 8 heteroatoms. The summed E-state index contributed by atoms with van der Waals surface area (Å²) in [6.45, 7) is 0.931. The van der Waals surface area contributed by atoms with Crippen LogP contribution >= 0.6 is 0 Å². The van der Waals surface area contributed by atoms with Crippen LogP contribution in [0.5, 0.6) is 0 Å². The van der Waals surface area contributed by atoms with Crippen molar-refractivity contribution in [3.8, 4) is 0 Å². The summed E-state index contributed by atoms with van der Waals surface area (Å²) in [6.07, 6.45) is 1.69. The lowest BCUT2D eigenvalue weighted by Gasteiger charge is -2.31. The van der Waals surface area contributed by atoms with Crippen molar-refractivity contribution in [2.75, 3.05) is 26.2 Å². The molecule has 5 nitrogen and oxygen atoms in total. The number of halogens is 3. The highest BCUT2D eigenvalue weighted by Crippen LogP contribution is 2.18. The quantitative estimate of drug-likeness (QED) is 0.892. The molecule has 1 aromatic rings. The summed E-state index contributed by atoms with van der Waals surface area (Å²) in [6, 6.07) is 0. The van der Waals surface area contributed by atoms with E-state index in [4.69, 9.17) is 0 Å². The smallest absolute Gasteiger partial charge is 0.347 e. The van der Waals surface area contributed by atoms with Gasteiger partial charge in [-0.1, -0.05) is 0 Å². The van der Waals surface area contributed by atoms with Crippen LogP contribution in [-0.2, 0) is 18.3 Å². The van der Waals surface area contributed by atoms with E-state index in [-0.39, 0.29) is 5.92 Å². The molecule has 0 radical (unpaired) electrons. The number of aryl methyl sites for hydroxylation is 1. The maximum Gasteiger partial charge on any atom is 0.405 e. The van der Waals surface area contributed by atoms with Crippen molar-refractivity contribution in [3.05, 3.63) is 18.0 Å². The molecule has 1 saturated heterocycles. The van der Waals surface area contributed by atoms with Crippen LogP contribution in [-0.4, -0.2) is 52.9 Å². The number of hydrogen-bond donors (Lipinski definition) is 1. The van der Waals surface area contributed by atoms with Gasteiger partial charge in [-0.05, 0) is 31.4 Å². The molecule has 2 rings (SSSR count). The van der Waals surface area contributed by atoms with Crippen LogP contribution in [0.2, 0.25) is 0 Å². The monoisotopic (exact) mass is 318 g/mol. The van der Waals surface area contributed by atoms with Gasteiger partial charge in [0.05, 0.1) is 12.1 Å². The Kier molecular flexibility index (Phi) is 5.44. The van der Waals surface area contributed by atoms with Gasteiger partial charge in [0.15, 0.2) is 0 Å². The first-order valence-corrected chi connectivity index (χ1v) is 7.38. The number of hydrogen-bond acceptors (Lipinski definition) is 3. The van der Waals surface area contributed by atoms with Gasteiger partial charge in [0, 0.05) is 26.3 Å². The van der Waals surface area contributed by atoms with Crippen molar-refractivity contribution >= 4 is 5.91 Å². The molecule has 22 heavy (non-hydrogen) atoms. The van der Waals surface area contributed by atoms with Gasteiger partial charge in [0.25, 0.3) is 0 Å². The predicted octanol–water partition coefficient (Wildman–Crippen LogP) is 1.35. The molecule has 1 N–H and O–H groups in total. The Bertz CT molecular complexity index is 501. The van der Waals surface area contributed by atoms with Crippen LogP contribution in [0.1, 0.15) is 18.4 Å². The van der Waals surface area contributed by atoms with Crippen molar-refractivity contribution in [1.82, 2.24) is 20.0 Å². The lowest BCUT2D eigenvalue weighted by Crippen LogP contribution is -2.45. The minimum absolute atomic E-state index is 0.356. The Morgan fingerprint density at radius 3 is 2.91 bits per heavy atom. The normalized spacial score (nSPS) is 20.1. The highest BCUT2D eigenvalue weighted by molar-refractivity contribution is 5.79. The molecule has 1 fully saturated rings. The topological polar surface area (TPSA) is 50.2 Å². The number of amides is 1. The van der Waals surface area contributed by atoms with Crippen LogP contribution in [0.4, 0.5) is 13.2 Å². The second-order valence-electron chi connectivity index (χ2n) is 5.74. The number of nitrogens with zero attached hydrogens (tertiary/aromatic N) is 3. The summed E-state index contributed by atoms with van der Waals surface area (Å²) < 4.78 is 38.1. The van der Waals surface area contributed by atoms with E-state index in [1.807, 2.05) is 18.6 Å². The first kappa shape index (κ1) is 16.8. The highest BCUT2D eigenvalue weighted by Gasteiger charge is 2.31. The standard InChI is InChI=1S/C14H21F3N4O/c1-20-8-11(7-19-20)4-6-21-5-2-3-12(9-21)13(22)18-10-14(15,16)17/h7-8,12H,2-6,9-10H2,1H3,(H,18,22)/t12-/m1/s1. The summed E-state index contributed by atoms with van der Waals surface area (Å²) in [5.41, 5.74) is 1.12. The number of alkyl halides is 3. The summed E-state index contributed by atoms with van der Waals surface area (Å²) >= 11 is 0. The lowest BCUT2D eigenvalue weighted by molar-refractivity contribution is -0.141. The molecular weight excluding hydrogens is 297 g/mol. The van der Waals surface area contributed by atoms with Crippen LogP contribution in [0, 0.1) is 5.92 Å². The molecule has 1 amide bonds. The number of carbonyl (C=O) groups excluding carboxylic acids is 1. The Morgan fingerprint density at radius 2 is 2.27 bits per heavy atom. The molecule has 0 aromatic carbocycles. The second-order valence-corrected chi connectivity index (χ2v) is 5.74. The fourth-order valence-electron chi connectivity index (χ4n) is 2.69. The van der Waals surface area contributed by atoms with Crippen LogP contribution < -0.4 is 5.32 Å². The second kappa shape index (κ2) is 7.13. The van der Waals surface area contributed by atoms with E-state index in [1.165, 1.54) is 0 Å². The fraction of sp³-hybridized carbons (Fsp3) is 0.714. The molecule has 2 heterocycles. The predicted molar refractivity (Wildman–Crippen MR) is 75.1 cm³/mol. The van der Waals surface area contributed by atoms with Crippen LogP contribution in [0.3, 0.4) is 0 Å². The molecule has 0 spiro atoms. The van der Waals surface area contributed by atoms with Gasteiger partial charge in [0.1, 0.15) is 6.54 Å². The Labute approximate surface area is 127 Å². The number of rotatable bonds is 5. The molecule has 0 bridgehead atoms. The summed E-state index contributed by atoms with van der Waals surface area (Å²) in [5, 5.41) is 6.08. The Balaban J connectivity index is 1.77. The minimum atomic E-state index is -4.36. The third-order valence-electron chi connectivity index (χ3n) is 3.81. The van der Waals surface area contributed by atoms with E-state index < -0.39 is 18.6 Å². The van der Waals surface area contributed by atoms with E-state index in [1.54, 1.807) is 10.9 Å². The molecule has 1 aliphatic heterocycles. The van der Waals surface area contributed by atoms with Crippen molar-refractivity contribution in [2.24, 2.45) is 13.0 Å². The third kappa shape index (κ3) is 5.32. The molecule has 1 atom stereocenters. The zero-order valence-corrected chi connectivity index (χ0v) is 12.6. The maximum atomic E-state index is 12.1. The third-order valence-corrected chi connectivity index (χ3v) is 3.81. The van der Waals surface area contributed by atoms with E-state index in [9.17, 15) is 18.0 Å². The molecule has 1 aliphatic rings. The molecule has 0 aliphatic carbocycles. The summed E-state index contributed by atoms with van der Waals surface area (Å²) in [4.78, 5) is 14.0. The Morgan fingerprint density at radius 1 is 1.50 bits per heavy atom. The number of nitrogens with one attached hydrogen (secondary N) is 1. The molecule has 124 valence electrons. The first-order valence-electron chi connectivity index (χ1n) is 7.38. The van der Waals surface area contributed by atoms with E-state index in [0.29, 0.717) is 13.0 Å². The number of likely N-dealkylation sites (tertiary alicyclic amines) is 1. The van der Waals surface area contributed by atoms with Crippen molar-refractivity contribution < 1.29 is 18.0 Å². The average molecular weight is 318 g/mol. The van der Waals surface area contributed by atoms with Crippen LogP contribution in [0.15, 0.2) is 12.4 Å². The van der Waals surface area contributed by atoms with Crippen LogP contribution in [0.25, 0.3) is 0 Å². The molecule has 0 saturated carbocycles. The van der Waals surface area contributed by atoms with E-state index >= 15 is 0 Å². The van der Waals surface area contributed by atoms with Gasteiger partial charge in [-0.2, -0.15) is 18.3 Å². The molecular formula is C14H21F3N4O. The first-order chi connectivity index (χ1) is 10.3. The summed E-state index contributed by atoms with van der Waals surface area (Å²) in [5.74, 6) is -0.853. The van der Waals surface area contributed by atoms with Gasteiger partial charge in [-0.25, -0.2) is 0 Å². The highest BCUT2D eigenvalue weighted by atomic mass is 19.4. The zero-order valence-electron chi connectivity index (χ0n) is 12.6. The largest absolute Gasteiger partial charge is 0.405 e. The van der Waals surface area contributed by atoms with Crippen molar-refractivity contribution in [2.45, 2.75) is 25.4 Å². The van der Waals surface area contributed by atoms with E-state index in [0.717, 1.165) is 31.5 Å². The number of aromatic nitrogens is 2. The Hall–Kier alpha value is -1.57. The molecule has 0 unspecified atom stereocenters. The summed E-state index contributed by atoms with van der Waals surface area (Å²) in [7, 11) is 1.85. The fourth-order valence-corrected chi connectivity index (χ4v) is 2.69. The molecule has 1 aromatic heterocycles. The van der Waals surface area contributed by atoms with Crippen molar-refractivity contribution in [3.63, 3.8) is 0 Å². The van der Waals surface area contributed by atoms with Gasteiger partial charge >= 0.3 is 6.18 Å². The van der Waals surface area contributed by atoms with E-state index in [2.05, 4.69) is 10.00 Å². The maximum absolute atomic E-state index is 12.1. The SMILES string of the molecule is Cn1cc(CCN2CCC[C@@H](C(=O)NCC(F)(F)F)C2)cn1. The van der Waals surface area contributed by atoms with Gasteiger partial charge in [0.2, 0.25) is 5.91 Å². The van der Waals surface area contributed by atoms with Gasteiger partial charge in [-0.3, -0.25) is 9.48 Å². The zero-order chi connectivity index (χ0) is 16.2. The minimum Gasteiger partial charge on any atom is -0.347 e. The average Bonchev–Trinajstić information content (AvgIpc) is 2.88. The number of piperidine rings is 1. The van der Waals surface area contributed by atoms with Gasteiger partial charge < -0.3 is 10.2 Å². The van der Waals surface area contributed by atoms with Gasteiger partial charge in [-0.15, -0.1) is 0 Å². The number of carbonyl (C=O) groups is 1. The van der Waals surface area contributed by atoms with Crippen molar-refractivity contribution in [1.29, 1.82) is 0 Å². The lowest BCUT2D eigenvalue weighted by atomic mass is 9.97.